The van der Waals surface area contributed by atoms with Crippen LogP contribution in [0.25, 0.3) is 10.8 Å². The highest BCUT2D eigenvalue weighted by atomic mass is 16.7. The third-order valence-corrected chi connectivity index (χ3v) is 6.31. The topological polar surface area (TPSA) is 126 Å². The lowest BCUT2D eigenvalue weighted by Gasteiger charge is -2.23. The van der Waals surface area contributed by atoms with Crippen LogP contribution in [-0.4, -0.2) is 41.3 Å². The molecule has 9 heteroatoms. The van der Waals surface area contributed by atoms with Crippen LogP contribution in [0.3, 0.4) is 0 Å². The van der Waals surface area contributed by atoms with Crippen molar-refractivity contribution in [2.45, 2.75) is 77.6 Å². The lowest BCUT2D eigenvalue weighted by molar-refractivity contribution is -0.147. The van der Waals surface area contributed by atoms with Crippen molar-refractivity contribution in [3.8, 4) is 0 Å². The van der Waals surface area contributed by atoms with Crippen molar-refractivity contribution in [3.63, 3.8) is 0 Å². The van der Waals surface area contributed by atoms with E-state index >= 15 is 0 Å². The third-order valence-electron chi connectivity index (χ3n) is 6.31. The highest BCUT2D eigenvalue weighted by molar-refractivity contribution is 5.94. The van der Waals surface area contributed by atoms with Crippen LogP contribution in [0.5, 0.6) is 0 Å². The second kappa shape index (κ2) is 14.9. The van der Waals surface area contributed by atoms with Crippen LogP contribution in [0.2, 0.25) is 0 Å². The first-order chi connectivity index (χ1) is 19.5. The molecule has 9 nitrogen and oxygen atoms in total. The summed E-state index contributed by atoms with van der Waals surface area (Å²) in [4.78, 5) is 56.5. The zero-order valence-electron chi connectivity index (χ0n) is 24.2. The molecule has 3 aromatic carbocycles. The summed E-state index contributed by atoms with van der Waals surface area (Å²) in [5, 5.41) is 10.2. The molecule has 41 heavy (non-hydrogen) atoms. The largest absolute Gasteiger partial charge is 0.350 e. The maximum atomic E-state index is 13.1. The standard InChI is InChI=1S/C32H40N4O5/c1-22(30(39)33-21-25-17-11-16-24-15-8-9-18-26(24)25)34-31(40)27(20-29(38)36-41-32(2,3)4)35-28(37)19-10-14-23-12-6-5-7-13-23/h5-9,11-13,15-18,22,27H,10,14,19-21H2,1-4H3,(H,33,39)(H,34,40)(H,35,37)(H,36,38)/t22-,27?/m0/s1. The monoisotopic (exact) mass is 560 g/mol. The maximum absolute atomic E-state index is 13.1. The van der Waals surface area contributed by atoms with Gasteiger partial charge < -0.3 is 16.0 Å². The van der Waals surface area contributed by atoms with E-state index in [0.29, 0.717) is 12.8 Å². The fraction of sp³-hybridized carbons (Fsp3) is 0.375. The highest BCUT2D eigenvalue weighted by Gasteiger charge is 2.27. The number of aryl methyl sites for hydroxylation is 1. The number of carbonyl (C=O) groups excluding carboxylic acids is 4. The van der Waals surface area contributed by atoms with E-state index in [0.717, 1.165) is 21.9 Å². The number of hydrogen-bond donors (Lipinski definition) is 4. The predicted octanol–water partition coefficient (Wildman–Crippen LogP) is 3.70. The Labute approximate surface area is 241 Å². The molecule has 0 aliphatic carbocycles. The average molecular weight is 561 g/mol. The summed E-state index contributed by atoms with van der Waals surface area (Å²) in [5.74, 6) is -1.96. The summed E-state index contributed by atoms with van der Waals surface area (Å²) in [6.07, 6.45) is 1.12. The first-order valence-electron chi connectivity index (χ1n) is 13.9. The number of benzene rings is 3. The lowest BCUT2D eigenvalue weighted by Crippen LogP contribution is -2.54. The van der Waals surface area contributed by atoms with Gasteiger partial charge in [0.2, 0.25) is 23.6 Å². The summed E-state index contributed by atoms with van der Waals surface area (Å²) in [6.45, 7) is 7.14. The van der Waals surface area contributed by atoms with Gasteiger partial charge in [-0.25, -0.2) is 5.48 Å². The Morgan fingerprint density at radius 2 is 1.49 bits per heavy atom. The molecule has 0 bridgehead atoms. The molecule has 0 saturated carbocycles. The molecule has 3 rings (SSSR count). The van der Waals surface area contributed by atoms with Crippen LogP contribution < -0.4 is 21.4 Å². The fourth-order valence-electron chi connectivity index (χ4n) is 4.17. The lowest BCUT2D eigenvalue weighted by atomic mass is 10.0. The summed E-state index contributed by atoms with van der Waals surface area (Å²) in [5.41, 5.74) is 3.75. The zero-order valence-corrected chi connectivity index (χ0v) is 24.2. The summed E-state index contributed by atoms with van der Waals surface area (Å²) in [7, 11) is 0. The van der Waals surface area contributed by atoms with E-state index in [4.69, 9.17) is 4.84 Å². The van der Waals surface area contributed by atoms with Gasteiger partial charge in [-0.1, -0.05) is 72.8 Å². The minimum absolute atomic E-state index is 0.180. The van der Waals surface area contributed by atoms with Gasteiger partial charge in [0.15, 0.2) is 0 Å². The van der Waals surface area contributed by atoms with Crippen molar-refractivity contribution in [2.75, 3.05) is 0 Å². The van der Waals surface area contributed by atoms with E-state index in [1.165, 1.54) is 0 Å². The molecule has 0 spiro atoms. The first-order valence-corrected chi connectivity index (χ1v) is 13.9. The molecule has 0 radical (unpaired) electrons. The van der Waals surface area contributed by atoms with Gasteiger partial charge in [-0.3, -0.25) is 24.0 Å². The maximum Gasteiger partial charge on any atom is 0.246 e. The number of carbonyl (C=O) groups is 4. The van der Waals surface area contributed by atoms with Crippen LogP contribution in [0.1, 0.15) is 58.1 Å². The average Bonchev–Trinajstić information content (AvgIpc) is 2.94. The van der Waals surface area contributed by atoms with Crippen LogP contribution in [0.4, 0.5) is 0 Å². The molecular formula is C32H40N4O5. The van der Waals surface area contributed by atoms with Gasteiger partial charge in [0.25, 0.3) is 0 Å². The Bertz CT molecular complexity index is 1330. The van der Waals surface area contributed by atoms with Crippen molar-refractivity contribution >= 4 is 34.4 Å². The van der Waals surface area contributed by atoms with Gasteiger partial charge in [0.1, 0.15) is 12.1 Å². The van der Waals surface area contributed by atoms with E-state index in [1.54, 1.807) is 27.7 Å². The summed E-state index contributed by atoms with van der Waals surface area (Å²) in [6, 6.07) is 21.4. The van der Waals surface area contributed by atoms with E-state index < -0.39 is 29.5 Å². The number of amides is 4. The van der Waals surface area contributed by atoms with Crippen LogP contribution in [0, 0.1) is 0 Å². The minimum Gasteiger partial charge on any atom is -0.350 e. The molecule has 0 aromatic heterocycles. The molecule has 1 unspecified atom stereocenters. The van der Waals surface area contributed by atoms with E-state index in [2.05, 4.69) is 21.4 Å². The Hall–Kier alpha value is -4.24. The number of rotatable bonds is 13. The summed E-state index contributed by atoms with van der Waals surface area (Å²) >= 11 is 0. The van der Waals surface area contributed by atoms with Gasteiger partial charge in [-0.15, -0.1) is 0 Å². The molecule has 0 aliphatic heterocycles. The second-order valence-corrected chi connectivity index (χ2v) is 11.0. The second-order valence-electron chi connectivity index (χ2n) is 11.0. The Kier molecular flexibility index (Phi) is 11.4. The van der Waals surface area contributed by atoms with Crippen LogP contribution >= 0.6 is 0 Å². The van der Waals surface area contributed by atoms with Crippen LogP contribution in [-0.2, 0) is 37.0 Å². The number of hydrogen-bond acceptors (Lipinski definition) is 5. The van der Waals surface area contributed by atoms with Crippen LogP contribution in [0.15, 0.2) is 72.8 Å². The molecular weight excluding hydrogens is 520 g/mol. The van der Waals surface area contributed by atoms with Crippen molar-refractivity contribution in [1.82, 2.24) is 21.4 Å². The van der Waals surface area contributed by atoms with E-state index in [9.17, 15) is 19.2 Å². The molecule has 2 atom stereocenters. The number of hydroxylamine groups is 1. The van der Waals surface area contributed by atoms with Crippen molar-refractivity contribution in [1.29, 1.82) is 0 Å². The number of fused-ring (bicyclic) bond motifs is 1. The molecule has 0 saturated heterocycles. The highest BCUT2D eigenvalue weighted by Crippen LogP contribution is 2.18. The van der Waals surface area contributed by atoms with Gasteiger partial charge in [0, 0.05) is 13.0 Å². The molecule has 4 N–H and O–H groups in total. The van der Waals surface area contributed by atoms with Gasteiger partial charge in [-0.05, 0) is 62.4 Å². The first kappa shape index (κ1) is 31.3. The summed E-state index contributed by atoms with van der Waals surface area (Å²) < 4.78 is 0. The van der Waals surface area contributed by atoms with Crippen molar-refractivity contribution < 1.29 is 24.0 Å². The van der Waals surface area contributed by atoms with E-state index in [1.807, 2.05) is 72.8 Å². The normalized spacial score (nSPS) is 12.7. The Morgan fingerprint density at radius 3 is 2.22 bits per heavy atom. The molecule has 3 aromatic rings. The third kappa shape index (κ3) is 10.7. The van der Waals surface area contributed by atoms with Crippen molar-refractivity contribution in [2.24, 2.45) is 0 Å². The number of nitrogens with one attached hydrogen (secondary N) is 4. The molecule has 4 amide bonds. The van der Waals surface area contributed by atoms with Gasteiger partial charge >= 0.3 is 0 Å². The van der Waals surface area contributed by atoms with Crippen molar-refractivity contribution in [3.05, 3.63) is 83.9 Å². The van der Waals surface area contributed by atoms with Gasteiger partial charge in [0.05, 0.1) is 12.0 Å². The Morgan fingerprint density at radius 1 is 0.805 bits per heavy atom. The zero-order chi connectivity index (χ0) is 29.8. The minimum atomic E-state index is -1.18. The molecule has 0 fully saturated rings. The van der Waals surface area contributed by atoms with Gasteiger partial charge in [-0.2, -0.15) is 0 Å². The molecule has 0 aliphatic rings. The van der Waals surface area contributed by atoms with E-state index in [-0.39, 0.29) is 31.2 Å². The predicted molar refractivity (Wildman–Crippen MR) is 158 cm³/mol. The molecule has 0 heterocycles. The smallest absolute Gasteiger partial charge is 0.246 e. The SMILES string of the molecule is C[C@H](NC(=O)C(CC(=O)NOC(C)(C)C)NC(=O)CCCc1ccccc1)C(=O)NCc1cccc2ccccc12. The Balaban J connectivity index is 1.58. The fourth-order valence-corrected chi connectivity index (χ4v) is 4.17. The quantitative estimate of drug-likeness (QED) is 0.237. The molecule has 218 valence electrons.